The van der Waals surface area contributed by atoms with Gasteiger partial charge in [0.2, 0.25) is 0 Å². The van der Waals surface area contributed by atoms with Gasteiger partial charge in [-0.25, -0.2) is 4.39 Å². The van der Waals surface area contributed by atoms with Crippen molar-refractivity contribution < 1.29 is 9.18 Å². The molecule has 31 heavy (non-hydrogen) atoms. The number of rotatable bonds is 7. The van der Waals surface area contributed by atoms with Gasteiger partial charge in [-0.15, -0.1) is 0 Å². The van der Waals surface area contributed by atoms with Crippen molar-refractivity contribution in [2.75, 3.05) is 0 Å². The molecule has 0 saturated carbocycles. The minimum absolute atomic E-state index is 0.0719. The van der Waals surface area contributed by atoms with Gasteiger partial charge < -0.3 is 9.47 Å². The average molecular weight is 433 g/mol. The molecule has 4 aromatic rings. The molecule has 3 nitrogen and oxygen atoms in total. The molecule has 0 radical (unpaired) electrons. The Morgan fingerprint density at radius 2 is 1.55 bits per heavy atom. The van der Waals surface area contributed by atoms with E-state index in [2.05, 4.69) is 4.57 Å². The summed E-state index contributed by atoms with van der Waals surface area (Å²) in [5.41, 5.74) is 3.00. The van der Waals surface area contributed by atoms with Crippen LogP contribution in [0.2, 0.25) is 5.02 Å². The lowest BCUT2D eigenvalue weighted by atomic mass is 10.1. The molecule has 156 valence electrons. The van der Waals surface area contributed by atoms with Gasteiger partial charge in [0.1, 0.15) is 5.82 Å². The Bertz CT molecular complexity index is 1170. The molecular formula is C26H22ClFN2O. The van der Waals surface area contributed by atoms with E-state index in [1.807, 2.05) is 72.9 Å². The molecule has 0 aliphatic rings. The molecule has 0 N–H and O–H groups in total. The number of halogens is 2. The van der Waals surface area contributed by atoms with Crippen molar-refractivity contribution in [1.29, 1.82) is 0 Å². The summed E-state index contributed by atoms with van der Waals surface area (Å²) in [6.45, 7) is 1.32. The zero-order valence-corrected chi connectivity index (χ0v) is 17.7. The Morgan fingerprint density at radius 1 is 0.839 bits per heavy atom. The second-order valence-corrected chi connectivity index (χ2v) is 7.75. The zero-order chi connectivity index (χ0) is 21.6. The first-order valence-electron chi connectivity index (χ1n) is 10.1. The number of nitrogens with zero attached hydrogens (tertiary/aromatic N) is 2. The van der Waals surface area contributed by atoms with E-state index in [0.29, 0.717) is 24.7 Å². The lowest BCUT2D eigenvalue weighted by Crippen LogP contribution is -2.31. The molecule has 4 rings (SSSR count). The predicted octanol–water partition coefficient (Wildman–Crippen LogP) is 6.17. The predicted molar refractivity (Wildman–Crippen MR) is 121 cm³/mol. The standard InChI is InChI=1S/C26H22ClFN2O/c27-24-14-6-4-11-21(24)18-29-16-8-12-22(29)19-30(17-20-9-2-1-3-10-20)26(31)23-13-5-7-15-25(23)28/h1-16H,17-19H2. The van der Waals surface area contributed by atoms with Crippen molar-refractivity contribution >= 4 is 17.5 Å². The van der Waals surface area contributed by atoms with Crippen LogP contribution in [0.15, 0.2) is 97.2 Å². The third-order valence-corrected chi connectivity index (χ3v) is 5.55. The summed E-state index contributed by atoms with van der Waals surface area (Å²) in [6, 6.07) is 27.4. The van der Waals surface area contributed by atoms with E-state index < -0.39 is 5.82 Å². The van der Waals surface area contributed by atoms with Crippen molar-refractivity contribution in [3.05, 3.63) is 130 Å². The molecule has 0 fully saturated rings. The zero-order valence-electron chi connectivity index (χ0n) is 16.9. The first kappa shape index (κ1) is 20.9. The number of hydrogen-bond acceptors (Lipinski definition) is 1. The Hall–Kier alpha value is -3.37. The Morgan fingerprint density at radius 3 is 2.32 bits per heavy atom. The maximum Gasteiger partial charge on any atom is 0.257 e. The Kier molecular flexibility index (Phi) is 6.48. The minimum Gasteiger partial charge on any atom is -0.345 e. The monoisotopic (exact) mass is 432 g/mol. The van der Waals surface area contributed by atoms with Crippen LogP contribution in [-0.2, 0) is 19.6 Å². The molecule has 0 spiro atoms. The van der Waals surface area contributed by atoms with Gasteiger partial charge in [0.25, 0.3) is 5.91 Å². The van der Waals surface area contributed by atoms with Gasteiger partial charge in [-0.2, -0.15) is 0 Å². The largest absolute Gasteiger partial charge is 0.345 e. The van der Waals surface area contributed by atoms with Crippen LogP contribution in [0.3, 0.4) is 0 Å². The number of hydrogen-bond donors (Lipinski definition) is 0. The van der Waals surface area contributed by atoms with Crippen LogP contribution >= 0.6 is 11.6 Å². The summed E-state index contributed by atoms with van der Waals surface area (Å²) in [6.07, 6.45) is 1.97. The van der Waals surface area contributed by atoms with Crippen molar-refractivity contribution in [3.63, 3.8) is 0 Å². The fraction of sp³-hybridized carbons (Fsp3) is 0.115. The fourth-order valence-corrected chi connectivity index (χ4v) is 3.76. The van der Waals surface area contributed by atoms with E-state index in [1.165, 1.54) is 12.1 Å². The number of carbonyl (C=O) groups excluding carboxylic acids is 1. The third-order valence-electron chi connectivity index (χ3n) is 5.18. The summed E-state index contributed by atoms with van der Waals surface area (Å²) in [7, 11) is 0. The van der Waals surface area contributed by atoms with Gasteiger partial charge in [-0.05, 0) is 41.5 Å². The highest BCUT2D eigenvalue weighted by Crippen LogP contribution is 2.20. The molecule has 0 saturated heterocycles. The normalized spacial score (nSPS) is 10.8. The SMILES string of the molecule is O=C(c1ccccc1F)N(Cc1ccccc1)Cc1cccn1Cc1ccccc1Cl. The molecule has 1 amide bonds. The van der Waals surface area contributed by atoms with E-state index in [-0.39, 0.29) is 11.5 Å². The summed E-state index contributed by atoms with van der Waals surface area (Å²) in [5.74, 6) is -0.857. The van der Waals surface area contributed by atoms with Crippen molar-refractivity contribution in [2.45, 2.75) is 19.6 Å². The second kappa shape index (κ2) is 9.63. The molecule has 1 heterocycles. The highest BCUT2D eigenvalue weighted by molar-refractivity contribution is 6.31. The van der Waals surface area contributed by atoms with Crippen LogP contribution < -0.4 is 0 Å². The van der Waals surface area contributed by atoms with Crippen LogP contribution in [0.1, 0.15) is 27.2 Å². The minimum atomic E-state index is -0.517. The lowest BCUT2D eigenvalue weighted by Gasteiger charge is -2.24. The van der Waals surface area contributed by atoms with Crippen LogP contribution in [0, 0.1) is 5.82 Å². The topological polar surface area (TPSA) is 25.2 Å². The molecule has 0 unspecified atom stereocenters. The smallest absolute Gasteiger partial charge is 0.257 e. The second-order valence-electron chi connectivity index (χ2n) is 7.35. The van der Waals surface area contributed by atoms with Crippen molar-refractivity contribution in [2.24, 2.45) is 0 Å². The maximum absolute atomic E-state index is 14.4. The number of aromatic nitrogens is 1. The summed E-state index contributed by atoms with van der Waals surface area (Å²) in [4.78, 5) is 14.9. The van der Waals surface area contributed by atoms with E-state index in [9.17, 15) is 9.18 Å². The van der Waals surface area contributed by atoms with Crippen LogP contribution in [0.4, 0.5) is 4.39 Å². The number of carbonyl (C=O) groups is 1. The summed E-state index contributed by atoms with van der Waals surface area (Å²) >= 11 is 6.33. The summed E-state index contributed by atoms with van der Waals surface area (Å²) < 4.78 is 16.4. The van der Waals surface area contributed by atoms with Gasteiger partial charge in [-0.3, -0.25) is 4.79 Å². The molecule has 5 heteroatoms. The van der Waals surface area contributed by atoms with Gasteiger partial charge in [-0.1, -0.05) is 72.3 Å². The van der Waals surface area contributed by atoms with Gasteiger partial charge in [0, 0.05) is 30.0 Å². The highest BCUT2D eigenvalue weighted by Gasteiger charge is 2.21. The number of amides is 1. The van der Waals surface area contributed by atoms with Crippen molar-refractivity contribution in [1.82, 2.24) is 9.47 Å². The van der Waals surface area contributed by atoms with E-state index in [0.717, 1.165) is 16.8 Å². The fourth-order valence-electron chi connectivity index (χ4n) is 3.56. The molecule has 3 aromatic carbocycles. The number of benzene rings is 3. The molecule has 0 aliphatic heterocycles. The van der Waals surface area contributed by atoms with Crippen molar-refractivity contribution in [3.8, 4) is 0 Å². The van der Waals surface area contributed by atoms with E-state index >= 15 is 0 Å². The van der Waals surface area contributed by atoms with Crippen LogP contribution in [0.25, 0.3) is 0 Å². The summed E-state index contributed by atoms with van der Waals surface area (Å²) in [5, 5.41) is 0.700. The lowest BCUT2D eigenvalue weighted by molar-refractivity contribution is 0.0721. The van der Waals surface area contributed by atoms with Gasteiger partial charge in [0.15, 0.2) is 0 Å². The van der Waals surface area contributed by atoms with E-state index in [1.54, 1.807) is 17.0 Å². The van der Waals surface area contributed by atoms with E-state index in [4.69, 9.17) is 11.6 Å². The molecule has 0 bridgehead atoms. The van der Waals surface area contributed by atoms with Crippen LogP contribution in [-0.4, -0.2) is 15.4 Å². The van der Waals surface area contributed by atoms with Gasteiger partial charge >= 0.3 is 0 Å². The average Bonchev–Trinajstić information content (AvgIpc) is 3.22. The molecule has 1 aromatic heterocycles. The van der Waals surface area contributed by atoms with Gasteiger partial charge in [0.05, 0.1) is 12.1 Å². The third kappa shape index (κ3) is 5.04. The quantitative estimate of drug-likeness (QED) is 0.342. The molecule has 0 atom stereocenters. The van der Waals surface area contributed by atoms with Crippen LogP contribution in [0.5, 0.6) is 0 Å². The Balaban J connectivity index is 1.63. The molecule has 0 aliphatic carbocycles. The first-order valence-corrected chi connectivity index (χ1v) is 10.4. The Labute approximate surface area is 186 Å². The maximum atomic E-state index is 14.4. The molecular weight excluding hydrogens is 411 g/mol. The first-order chi connectivity index (χ1) is 15.1. The highest BCUT2D eigenvalue weighted by atomic mass is 35.5.